The number of fused-ring (bicyclic) bond motifs is 1. The maximum Gasteiger partial charge on any atom is 0.158 e. The van der Waals surface area contributed by atoms with E-state index in [0.29, 0.717) is 11.3 Å². The van der Waals surface area contributed by atoms with E-state index in [1.807, 2.05) is 31.2 Å². The van der Waals surface area contributed by atoms with Crippen LogP contribution in [0.3, 0.4) is 0 Å². The standard InChI is InChI=1S/C25H11N3O/c1-3-4-5-6-7-8-9-10-11-12-15-21-18-20(2)19-24(25(21)29)28-26-22-16-13-14-17-23(22)27-28/h1,13-14,16-19,29H,2H3. The molecule has 4 heteroatoms. The Morgan fingerprint density at radius 2 is 1.38 bits per heavy atom. The predicted molar refractivity (Wildman–Crippen MR) is 112 cm³/mol. The van der Waals surface area contributed by atoms with E-state index in [9.17, 15) is 5.11 Å². The fourth-order valence-corrected chi connectivity index (χ4v) is 2.33. The van der Waals surface area contributed by atoms with Gasteiger partial charge >= 0.3 is 0 Å². The van der Waals surface area contributed by atoms with Gasteiger partial charge < -0.3 is 5.11 Å². The third-order valence-corrected chi connectivity index (χ3v) is 3.51. The van der Waals surface area contributed by atoms with Crippen LogP contribution in [0.4, 0.5) is 0 Å². The second-order valence-corrected chi connectivity index (χ2v) is 5.55. The molecule has 0 bridgehead atoms. The molecule has 2 aromatic carbocycles. The van der Waals surface area contributed by atoms with Gasteiger partial charge in [0.1, 0.15) is 16.7 Å². The molecule has 0 spiro atoms. The van der Waals surface area contributed by atoms with Crippen LogP contribution in [-0.4, -0.2) is 20.1 Å². The van der Waals surface area contributed by atoms with Crippen LogP contribution in [0.5, 0.6) is 5.75 Å². The number of nitrogens with zero attached hydrogens (tertiary/aromatic N) is 3. The Hall–Kier alpha value is -5.00. The molecule has 0 aliphatic carbocycles. The molecule has 0 aliphatic heterocycles. The molecule has 3 rings (SSSR count). The van der Waals surface area contributed by atoms with Gasteiger partial charge in [-0.15, -0.1) is 21.4 Å². The number of aryl methyl sites for hydroxylation is 1. The lowest BCUT2D eigenvalue weighted by atomic mass is 10.1. The summed E-state index contributed by atoms with van der Waals surface area (Å²) in [7, 11) is 0. The van der Waals surface area contributed by atoms with Crippen LogP contribution in [-0.2, 0) is 0 Å². The number of aromatic nitrogens is 3. The molecule has 0 unspecified atom stereocenters. The molecule has 0 atom stereocenters. The Morgan fingerprint density at radius 3 is 1.97 bits per heavy atom. The van der Waals surface area contributed by atoms with Gasteiger partial charge in [-0.2, -0.15) is 0 Å². The summed E-state index contributed by atoms with van der Waals surface area (Å²) in [5, 5.41) is 19.4. The molecule has 0 radical (unpaired) electrons. The quantitative estimate of drug-likeness (QED) is 0.671. The van der Waals surface area contributed by atoms with Gasteiger partial charge in [0.2, 0.25) is 0 Å². The maximum atomic E-state index is 10.6. The van der Waals surface area contributed by atoms with Crippen LogP contribution in [0, 0.1) is 78.5 Å². The molecule has 1 N–H and O–H groups in total. The largest absolute Gasteiger partial charge is 0.504 e. The first kappa shape index (κ1) is 18.8. The highest BCUT2D eigenvalue weighted by Crippen LogP contribution is 2.27. The number of aromatic hydroxyl groups is 1. The summed E-state index contributed by atoms with van der Waals surface area (Å²) in [6, 6.07) is 11.0. The molecule has 0 aliphatic rings. The number of terminal acetylenes is 1. The number of hydrogen-bond acceptors (Lipinski definition) is 3. The van der Waals surface area contributed by atoms with Crippen molar-refractivity contribution >= 4 is 11.0 Å². The number of phenols is 1. The Morgan fingerprint density at radius 1 is 0.828 bits per heavy atom. The van der Waals surface area contributed by atoms with Crippen molar-refractivity contribution in [3.8, 4) is 83.0 Å². The Labute approximate surface area is 168 Å². The van der Waals surface area contributed by atoms with Crippen molar-refractivity contribution in [2.24, 2.45) is 0 Å². The van der Waals surface area contributed by atoms with Crippen LogP contribution in [0.15, 0.2) is 36.4 Å². The number of phenolic OH excluding ortho intramolecular Hbond substituents is 1. The third kappa shape index (κ3) is 4.79. The second-order valence-electron chi connectivity index (χ2n) is 5.55. The molecule has 3 aromatic rings. The zero-order valence-electron chi connectivity index (χ0n) is 15.3. The summed E-state index contributed by atoms with van der Waals surface area (Å²) in [5.41, 5.74) is 3.24. The lowest BCUT2D eigenvalue weighted by Crippen LogP contribution is -2.00. The van der Waals surface area contributed by atoms with Gasteiger partial charge in [-0.25, -0.2) is 0 Å². The van der Waals surface area contributed by atoms with E-state index in [4.69, 9.17) is 6.42 Å². The van der Waals surface area contributed by atoms with E-state index in [0.717, 1.165) is 16.6 Å². The van der Waals surface area contributed by atoms with Crippen molar-refractivity contribution in [2.75, 3.05) is 0 Å². The number of hydrogen-bond donors (Lipinski definition) is 1. The number of benzene rings is 2. The van der Waals surface area contributed by atoms with Crippen molar-refractivity contribution < 1.29 is 5.11 Å². The molecular formula is C25H11N3O. The monoisotopic (exact) mass is 369 g/mol. The molecule has 1 aromatic heterocycles. The average Bonchev–Trinajstić information content (AvgIpc) is 3.15. The van der Waals surface area contributed by atoms with Gasteiger partial charge in [-0.1, -0.05) is 12.1 Å². The summed E-state index contributed by atoms with van der Waals surface area (Å²) in [5.74, 6) is 27.6. The number of rotatable bonds is 1. The van der Waals surface area contributed by atoms with Gasteiger partial charge in [0.15, 0.2) is 5.75 Å². The van der Waals surface area contributed by atoms with Crippen LogP contribution < -0.4 is 0 Å². The van der Waals surface area contributed by atoms with Gasteiger partial charge in [0, 0.05) is 0 Å². The average molecular weight is 369 g/mol. The van der Waals surface area contributed by atoms with E-state index in [1.165, 1.54) is 4.80 Å². The second kappa shape index (κ2) is 9.09. The SMILES string of the molecule is C#CC#CC#CC#CC#CC#Cc1cc(C)cc(-n2nc3ccccc3n2)c1O. The summed E-state index contributed by atoms with van der Waals surface area (Å²) < 4.78 is 0. The smallest absolute Gasteiger partial charge is 0.158 e. The van der Waals surface area contributed by atoms with E-state index < -0.39 is 0 Å². The highest BCUT2D eigenvalue weighted by atomic mass is 16.3. The van der Waals surface area contributed by atoms with E-state index in [-0.39, 0.29) is 5.75 Å². The van der Waals surface area contributed by atoms with Crippen molar-refractivity contribution in [3.63, 3.8) is 0 Å². The van der Waals surface area contributed by atoms with Gasteiger partial charge in [-0.05, 0) is 102 Å². The van der Waals surface area contributed by atoms with Crippen molar-refractivity contribution in [3.05, 3.63) is 47.5 Å². The van der Waals surface area contributed by atoms with Gasteiger partial charge in [0.25, 0.3) is 0 Å². The molecule has 0 saturated carbocycles. The highest BCUT2D eigenvalue weighted by molar-refractivity contribution is 5.74. The van der Waals surface area contributed by atoms with Crippen LogP contribution in [0.1, 0.15) is 11.1 Å². The summed E-state index contributed by atoms with van der Waals surface area (Å²) >= 11 is 0. The zero-order chi connectivity index (χ0) is 20.5. The third-order valence-electron chi connectivity index (χ3n) is 3.51. The zero-order valence-corrected chi connectivity index (χ0v) is 15.3. The Kier molecular flexibility index (Phi) is 5.89. The van der Waals surface area contributed by atoms with E-state index in [2.05, 4.69) is 75.3 Å². The predicted octanol–water partition coefficient (Wildman–Crippen LogP) is 2.43. The minimum atomic E-state index is -0.0192. The topological polar surface area (TPSA) is 50.9 Å². The molecule has 132 valence electrons. The first-order chi connectivity index (χ1) is 14.2. The highest BCUT2D eigenvalue weighted by Gasteiger charge is 2.12. The minimum Gasteiger partial charge on any atom is -0.504 e. The first-order valence-electron chi connectivity index (χ1n) is 8.32. The van der Waals surface area contributed by atoms with Crippen molar-refractivity contribution in [1.29, 1.82) is 0 Å². The molecule has 0 fully saturated rings. The molecule has 0 saturated heterocycles. The van der Waals surface area contributed by atoms with Crippen LogP contribution >= 0.6 is 0 Å². The molecular weight excluding hydrogens is 358 g/mol. The van der Waals surface area contributed by atoms with Gasteiger partial charge in [0.05, 0.1) is 5.56 Å². The first-order valence-corrected chi connectivity index (χ1v) is 8.32. The Balaban J connectivity index is 1.87. The van der Waals surface area contributed by atoms with E-state index >= 15 is 0 Å². The summed E-state index contributed by atoms with van der Waals surface area (Å²) in [4.78, 5) is 1.40. The molecule has 1 heterocycles. The maximum absolute atomic E-state index is 10.6. The fourth-order valence-electron chi connectivity index (χ4n) is 2.33. The summed E-state index contributed by atoms with van der Waals surface area (Å²) in [6.45, 7) is 1.90. The van der Waals surface area contributed by atoms with Gasteiger partial charge in [-0.3, -0.25) is 0 Å². The normalized spacial score (nSPS) is 8.28. The lowest BCUT2D eigenvalue weighted by molar-refractivity contribution is 0.466. The van der Waals surface area contributed by atoms with Crippen LogP contribution in [0.2, 0.25) is 0 Å². The van der Waals surface area contributed by atoms with E-state index in [1.54, 1.807) is 12.1 Å². The summed E-state index contributed by atoms with van der Waals surface area (Å²) in [6.07, 6.45) is 4.96. The molecule has 0 amide bonds. The Bertz CT molecular complexity index is 1430. The van der Waals surface area contributed by atoms with Crippen molar-refractivity contribution in [2.45, 2.75) is 6.92 Å². The molecule has 4 nitrogen and oxygen atoms in total. The van der Waals surface area contributed by atoms with Crippen LogP contribution in [0.25, 0.3) is 16.7 Å². The fraction of sp³-hybridized carbons (Fsp3) is 0.0400. The lowest BCUT2D eigenvalue weighted by Gasteiger charge is -2.06. The minimum absolute atomic E-state index is 0.0192. The van der Waals surface area contributed by atoms with Crippen molar-refractivity contribution in [1.82, 2.24) is 15.0 Å². The molecule has 29 heavy (non-hydrogen) atoms.